The smallest absolute Gasteiger partial charge is 0.343 e. The zero-order valence-corrected chi connectivity index (χ0v) is 17.4. The molecule has 6 heteroatoms. The molecule has 5 nitrogen and oxygen atoms in total. The number of esters is 1. The van der Waals surface area contributed by atoms with E-state index in [2.05, 4.69) is 0 Å². The quantitative estimate of drug-likeness (QED) is 0.494. The monoisotopic (exact) mass is 432 g/mol. The number of carbonyl (C=O) groups excluding carboxylic acids is 3. The molecule has 0 saturated carbocycles. The van der Waals surface area contributed by atoms with Crippen molar-refractivity contribution in [3.05, 3.63) is 88.1 Å². The Kier molecular flexibility index (Phi) is 5.21. The fraction of sp³-hybridized carbons (Fsp3) is 0.269. The van der Waals surface area contributed by atoms with Crippen molar-refractivity contribution >= 4 is 17.5 Å². The number of ketones is 2. The van der Waals surface area contributed by atoms with Gasteiger partial charge in [-0.05, 0) is 54.8 Å². The summed E-state index contributed by atoms with van der Waals surface area (Å²) in [6.07, 6.45) is 3.77. The lowest BCUT2D eigenvalue weighted by Gasteiger charge is -2.36. The van der Waals surface area contributed by atoms with Crippen LogP contribution >= 0.6 is 0 Å². The molecule has 0 atom stereocenters. The summed E-state index contributed by atoms with van der Waals surface area (Å²) in [7, 11) is 0. The first-order valence-corrected chi connectivity index (χ1v) is 10.8. The minimum atomic E-state index is -0.594. The summed E-state index contributed by atoms with van der Waals surface area (Å²) < 4.78 is 24.5. The largest absolute Gasteiger partial charge is 0.465 e. The maximum absolute atomic E-state index is 13.1. The van der Waals surface area contributed by atoms with Gasteiger partial charge in [0.15, 0.2) is 11.6 Å². The van der Waals surface area contributed by atoms with Crippen LogP contribution in [-0.4, -0.2) is 17.5 Å². The Morgan fingerprint density at radius 1 is 0.812 bits per heavy atom. The van der Waals surface area contributed by atoms with E-state index in [0.717, 1.165) is 18.4 Å². The Morgan fingerprint density at radius 3 is 1.94 bits per heavy atom. The molecule has 0 radical (unpaired) electrons. The van der Waals surface area contributed by atoms with Crippen molar-refractivity contribution in [1.82, 2.24) is 0 Å². The van der Waals surface area contributed by atoms with Crippen molar-refractivity contribution in [3.8, 4) is 5.75 Å². The number of Topliss-reactive ketones (excluding diaryl/α,β-unsaturated/α-hetero) is 2. The highest BCUT2D eigenvalue weighted by molar-refractivity contribution is 6.05. The summed E-state index contributed by atoms with van der Waals surface area (Å²) in [5.41, 5.74) is 2.20. The van der Waals surface area contributed by atoms with Crippen molar-refractivity contribution in [3.63, 3.8) is 0 Å². The third-order valence-electron chi connectivity index (χ3n) is 6.14. The van der Waals surface area contributed by atoms with Gasteiger partial charge in [0.1, 0.15) is 23.1 Å². The van der Waals surface area contributed by atoms with E-state index in [0.29, 0.717) is 54.1 Å². The molecule has 32 heavy (non-hydrogen) atoms. The van der Waals surface area contributed by atoms with Crippen LogP contribution in [0.4, 0.5) is 4.39 Å². The second kappa shape index (κ2) is 8.19. The SMILES string of the molecule is O=C1CCCC2=C1C(c1ccc(OC(=O)c3ccc(F)cc3)cc1)C1=C(CCCC1=O)O2. The van der Waals surface area contributed by atoms with Crippen LogP contribution in [0.5, 0.6) is 5.75 Å². The van der Waals surface area contributed by atoms with E-state index < -0.39 is 17.7 Å². The van der Waals surface area contributed by atoms with Crippen LogP contribution in [0.3, 0.4) is 0 Å². The number of hydrogen-bond acceptors (Lipinski definition) is 5. The summed E-state index contributed by atoms with van der Waals surface area (Å²) >= 11 is 0. The first-order valence-electron chi connectivity index (χ1n) is 10.8. The van der Waals surface area contributed by atoms with E-state index in [1.54, 1.807) is 24.3 Å². The van der Waals surface area contributed by atoms with Gasteiger partial charge in [0.25, 0.3) is 0 Å². The maximum Gasteiger partial charge on any atom is 0.343 e. The maximum atomic E-state index is 13.1. The first kappa shape index (κ1) is 20.4. The van der Waals surface area contributed by atoms with Crippen LogP contribution < -0.4 is 4.74 Å². The molecule has 0 bridgehead atoms. The molecule has 5 rings (SSSR count). The number of rotatable bonds is 3. The fourth-order valence-electron chi connectivity index (χ4n) is 4.63. The van der Waals surface area contributed by atoms with Crippen molar-refractivity contribution in [1.29, 1.82) is 0 Å². The van der Waals surface area contributed by atoms with Gasteiger partial charge in [-0.2, -0.15) is 0 Å². The van der Waals surface area contributed by atoms with Gasteiger partial charge < -0.3 is 9.47 Å². The predicted molar refractivity (Wildman–Crippen MR) is 113 cm³/mol. The molecule has 162 valence electrons. The van der Waals surface area contributed by atoms with E-state index in [9.17, 15) is 18.8 Å². The average Bonchev–Trinajstić information content (AvgIpc) is 2.79. The van der Waals surface area contributed by atoms with Gasteiger partial charge in [-0.25, -0.2) is 9.18 Å². The van der Waals surface area contributed by atoms with Crippen molar-refractivity contribution in [2.75, 3.05) is 0 Å². The summed E-state index contributed by atoms with van der Waals surface area (Å²) in [6.45, 7) is 0. The second-order valence-corrected chi connectivity index (χ2v) is 8.23. The van der Waals surface area contributed by atoms with Gasteiger partial charge in [-0.3, -0.25) is 9.59 Å². The summed E-state index contributed by atoms with van der Waals surface area (Å²) in [5, 5.41) is 0. The molecule has 0 unspecified atom stereocenters. The average molecular weight is 432 g/mol. The number of carbonyl (C=O) groups is 3. The molecular formula is C26H21FO5. The standard InChI is InChI=1S/C26H21FO5/c27-17-11-7-16(8-12-17)26(30)31-18-13-9-15(10-14-18)23-24-19(28)3-1-5-21(24)32-22-6-2-4-20(29)25(22)23/h7-14,23H,1-6H2. The Labute approximate surface area is 184 Å². The Morgan fingerprint density at radius 2 is 1.38 bits per heavy atom. The first-order chi connectivity index (χ1) is 15.5. The number of hydrogen-bond donors (Lipinski definition) is 0. The molecule has 3 aliphatic rings. The van der Waals surface area contributed by atoms with Crippen LogP contribution in [0.2, 0.25) is 0 Å². The molecule has 0 aromatic heterocycles. The lowest BCUT2D eigenvalue weighted by Crippen LogP contribution is -2.30. The van der Waals surface area contributed by atoms with E-state index in [1.165, 1.54) is 24.3 Å². The highest BCUT2D eigenvalue weighted by Gasteiger charge is 2.41. The van der Waals surface area contributed by atoms with E-state index in [1.807, 2.05) is 0 Å². The molecule has 0 spiro atoms. The zero-order chi connectivity index (χ0) is 22.2. The van der Waals surface area contributed by atoms with Gasteiger partial charge in [-0.15, -0.1) is 0 Å². The lowest BCUT2D eigenvalue weighted by molar-refractivity contribution is -0.117. The second-order valence-electron chi connectivity index (χ2n) is 8.23. The minimum absolute atomic E-state index is 0.0213. The topological polar surface area (TPSA) is 69.7 Å². The molecule has 0 amide bonds. The zero-order valence-electron chi connectivity index (χ0n) is 17.4. The minimum Gasteiger partial charge on any atom is -0.465 e. The van der Waals surface area contributed by atoms with Crippen molar-refractivity contribution < 1.29 is 28.2 Å². The van der Waals surface area contributed by atoms with Crippen LogP contribution in [0, 0.1) is 5.82 Å². The molecular weight excluding hydrogens is 411 g/mol. The third-order valence-corrected chi connectivity index (χ3v) is 6.14. The van der Waals surface area contributed by atoms with Gasteiger partial charge in [0.2, 0.25) is 0 Å². The molecule has 2 aromatic rings. The van der Waals surface area contributed by atoms with Gasteiger partial charge in [-0.1, -0.05) is 12.1 Å². The lowest BCUT2D eigenvalue weighted by atomic mass is 9.73. The molecule has 2 aromatic carbocycles. The van der Waals surface area contributed by atoms with E-state index >= 15 is 0 Å². The van der Waals surface area contributed by atoms with Gasteiger partial charge >= 0.3 is 5.97 Å². The summed E-state index contributed by atoms with van der Waals surface area (Å²) in [4.78, 5) is 37.9. The van der Waals surface area contributed by atoms with Crippen LogP contribution in [0.25, 0.3) is 0 Å². The Balaban J connectivity index is 1.46. The molecule has 2 aliphatic carbocycles. The van der Waals surface area contributed by atoms with Crippen LogP contribution in [0.1, 0.15) is 60.4 Å². The molecule has 0 N–H and O–H groups in total. The predicted octanol–water partition coefficient (Wildman–Crippen LogP) is 5.17. The number of allylic oxidation sites excluding steroid dienone is 4. The van der Waals surface area contributed by atoms with Crippen molar-refractivity contribution in [2.24, 2.45) is 0 Å². The van der Waals surface area contributed by atoms with Gasteiger partial charge in [0, 0.05) is 42.7 Å². The summed E-state index contributed by atoms with van der Waals surface area (Å²) in [5.74, 6) is 0.265. The van der Waals surface area contributed by atoms with Crippen LogP contribution in [-0.2, 0) is 14.3 Å². The third kappa shape index (κ3) is 3.66. The van der Waals surface area contributed by atoms with E-state index in [4.69, 9.17) is 9.47 Å². The van der Waals surface area contributed by atoms with Crippen molar-refractivity contribution in [2.45, 2.75) is 44.4 Å². The van der Waals surface area contributed by atoms with Crippen LogP contribution in [0.15, 0.2) is 71.2 Å². The van der Waals surface area contributed by atoms with E-state index in [-0.39, 0.29) is 17.1 Å². The number of benzene rings is 2. The summed E-state index contributed by atoms with van der Waals surface area (Å²) in [6, 6.07) is 12.0. The number of halogens is 1. The fourth-order valence-corrected chi connectivity index (χ4v) is 4.63. The molecule has 1 aliphatic heterocycles. The highest BCUT2D eigenvalue weighted by Crippen LogP contribution is 2.47. The highest BCUT2D eigenvalue weighted by atomic mass is 19.1. The molecule has 0 saturated heterocycles. The Bertz CT molecular complexity index is 1130. The molecule has 1 heterocycles. The molecule has 0 fully saturated rings. The normalized spacial score (nSPS) is 18.8. The Hall–Kier alpha value is -3.54. The number of ether oxygens (including phenoxy) is 2. The van der Waals surface area contributed by atoms with Gasteiger partial charge in [0.05, 0.1) is 5.56 Å².